The number of nitrogens with one attached hydrogen (secondary N) is 1. The van der Waals surface area contributed by atoms with Crippen molar-refractivity contribution in [3.8, 4) is 6.07 Å². The molecule has 0 aliphatic rings. The summed E-state index contributed by atoms with van der Waals surface area (Å²) in [4.78, 5) is 3.96. The zero-order valence-electron chi connectivity index (χ0n) is 9.13. The molecule has 2 aromatic heterocycles. The van der Waals surface area contributed by atoms with Crippen molar-refractivity contribution in [1.82, 2.24) is 13.9 Å². The first kappa shape index (κ1) is 11.4. The molecular formula is C10H12N6S. The topological polar surface area (TPSA) is 92.5 Å². The summed E-state index contributed by atoms with van der Waals surface area (Å²) in [6.45, 7) is 1.66. The Morgan fingerprint density at radius 2 is 2.47 bits per heavy atom. The number of aryl methyl sites for hydroxylation is 1. The van der Waals surface area contributed by atoms with E-state index in [0.717, 1.165) is 24.5 Å². The normalized spacial score (nSPS) is 10.1. The van der Waals surface area contributed by atoms with E-state index >= 15 is 0 Å². The van der Waals surface area contributed by atoms with Gasteiger partial charge in [-0.1, -0.05) is 0 Å². The molecule has 0 unspecified atom stereocenters. The second-order valence-corrected chi connectivity index (χ2v) is 4.24. The molecule has 2 rings (SSSR count). The number of hydrogen-bond donors (Lipinski definition) is 2. The predicted octanol–water partition coefficient (Wildman–Crippen LogP) is 1.30. The van der Waals surface area contributed by atoms with Gasteiger partial charge in [0.2, 0.25) is 0 Å². The highest BCUT2D eigenvalue weighted by atomic mass is 32.1. The molecule has 0 aliphatic heterocycles. The maximum absolute atomic E-state index is 8.88. The first-order valence-electron chi connectivity index (χ1n) is 5.16. The Balaban J connectivity index is 1.80. The predicted molar refractivity (Wildman–Crippen MR) is 66.6 cm³/mol. The van der Waals surface area contributed by atoms with Gasteiger partial charge in [-0.15, -0.1) is 0 Å². The van der Waals surface area contributed by atoms with Crippen LogP contribution in [0, 0.1) is 11.3 Å². The fourth-order valence-electron chi connectivity index (χ4n) is 1.41. The zero-order chi connectivity index (χ0) is 12.1. The van der Waals surface area contributed by atoms with E-state index in [1.807, 2.05) is 16.8 Å². The first-order valence-corrected chi connectivity index (χ1v) is 5.93. The number of imidazole rings is 1. The Hall–Kier alpha value is -2.07. The molecular weight excluding hydrogens is 236 g/mol. The van der Waals surface area contributed by atoms with Gasteiger partial charge in [-0.2, -0.15) is 9.64 Å². The quantitative estimate of drug-likeness (QED) is 0.778. The molecule has 0 saturated heterocycles. The molecule has 6 nitrogen and oxygen atoms in total. The van der Waals surface area contributed by atoms with Gasteiger partial charge in [0, 0.05) is 25.5 Å². The minimum absolute atomic E-state index is 0.301. The molecule has 2 heterocycles. The van der Waals surface area contributed by atoms with Crippen LogP contribution in [0.1, 0.15) is 12.0 Å². The number of nitrogens with two attached hydrogens (primary N) is 1. The standard InChI is InChI=1S/C10H12N6S/c11-6-8-9(12)15-17-10(8)14-2-1-4-16-5-3-13-7-16/h3,5,7,14H,1-2,4H2,(H2,12,15). The SMILES string of the molecule is N#Cc1c(N)nsc1NCCCn1ccnc1. The molecule has 0 saturated carbocycles. The fraction of sp³-hybridized carbons (Fsp3) is 0.300. The zero-order valence-corrected chi connectivity index (χ0v) is 9.94. The third kappa shape index (κ3) is 2.73. The molecule has 7 heteroatoms. The lowest BCUT2D eigenvalue weighted by molar-refractivity contribution is 0.661. The van der Waals surface area contributed by atoms with Crippen molar-refractivity contribution in [3.63, 3.8) is 0 Å². The summed E-state index contributed by atoms with van der Waals surface area (Å²) in [6, 6.07) is 2.04. The maximum atomic E-state index is 8.88. The molecule has 0 radical (unpaired) electrons. The number of nitriles is 1. The molecule has 0 fully saturated rings. The molecule has 3 N–H and O–H groups in total. The second kappa shape index (κ2) is 5.32. The van der Waals surface area contributed by atoms with Gasteiger partial charge in [-0.25, -0.2) is 4.98 Å². The Morgan fingerprint density at radius 1 is 1.59 bits per heavy atom. The van der Waals surface area contributed by atoms with Gasteiger partial charge in [-0.3, -0.25) is 0 Å². The van der Waals surface area contributed by atoms with E-state index in [0.29, 0.717) is 11.4 Å². The highest BCUT2D eigenvalue weighted by Crippen LogP contribution is 2.25. The minimum Gasteiger partial charge on any atom is -0.382 e. The van der Waals surface area contributed by atoms with Gasteiger partial charge in [-0.05, 0) is 18.0 Å². The monoisotopic (exact) mass is 248 g/mol. The Labute approximate surface area is 103 Å². The molecule has 0 amide bonds. The average Bonchev–Trinajstić information content (AvgIpc) is 2.94. The van der Waals surface area contributed by atoms with Gasteiger partial charge in [0.15, 0.2) is 5.82 Å². The van der Waals surface area contributed by atoms with E-state index in [-0.39, 0.29) is 0 Å². The van der Waals surface area contributed by atoms with Crippen LogP contribution in [0.4, 0.5) is 10.8 Å². The van der Waals surface area contributed by atoms with Crippen LogP contribution in [0.3, 0.4) is 0 Å². The number of nitrogens with zero attached hydrogens (tertiary/aromatic N) is 4. The molecule has 2 aromatic rings. The number of nitrogen functional groups attached to an aromatic ring is 1. The summed E-state index contributed by atoms with van der Waals surface area (Å²) in [5.41, 5.74) is 6.00. The van der Waals surface area contributed by atoms with Gasteiger partial charge >= 0.3 is 0 Å². The van der Waals surface area contributed by atoms with Crippen molar-refractivity contribution in [1.29, 1.82) is 5.26 Å². The molecule has 0 aromatic carbocycles. The van der Waals surface area contributed by atoms with Crippen LogP contribution in [0.5, 0.6) is 0 Å². The van der Waals surface area contributed by atoms with E-state index in [9.17, 15) is 0 Å². The molecule has 88 valence electrons. The maximum Gasteiger partial charge on any atom is 0.157 e. The third-order valence-electron chi connectivity index (χ3n) is 2.27. The Morgan fingerprint density at radius 3 is 3.18 bits per heavy atom. The number of rotatable bonds is 5. The molecule has 0 spiro atoms. The van der Waals surface area contributed by atoms with Gasteiger partial charge in [0.05, 0.1) is 6.33 Å². The summed E-state index contributed by atoms with van der Waals surface area (Å²) in [7, 11) is 0. The highest BCUT2D eigenvalue weighted by molar-refractivity contribution is 7.10. The second-order valence-electron chi connectivity index (χ2n) is 3.46. The fourth-order valence-corrected chi connectivity index (χ4v) is 2.10. The minimum atomic E-state index is 0.301. The van der Waals surface area contributed by atoms with Crippen molar-refractivity contribution in [2.75, 3.05) is 17.6 Å². The molecule has 0 bridgehead atoms. The third-order valence-corrected chi connectivity index (χ3v) is 3.09. The van der Waals surface area contributed by atoms with E-state index in [2.05, 4.69) is 14.7 Å². The lowest BCUT2D eigenvalue weighted by Crippen LogP contribution is -2.05. The number of anilines is 2. The summed E-state index contributed by atoms with van der Waals surface area (Å²) < 4.78 is 5.94. The number of hydrogen-bond acceptors (Lipinski definition) is 6. The van der Waals surface area contributed by atoms with Crippen molar-refractivity contribution in [2.24, 2.45) is 0 Å². The Kier molecular flexibility index (Phi) is 3.57. The van der Waals surface area contributed by atoms with Crippen molar-refractivity contribution in [3.05, 3.63) is 24.3 Å². The average molecular weight is 248 g/mol. The lowest BCUT2D eigenvalue weighted by atomic mass is 10.3. The van der Waals surface area contributed by atoms with E-state index < -0.39 is 0 Å². The largest absolute Gasteiger partial charge is 0.382 e. The van der Waals surface area contributed by atoms with Gasteiger partial charge in [0.25, 0.3) is 0 Å². The van der Waals surface area contributed by atoms with Gasteiger partial charge < -0.3 is 15.6 Å². The van der Waals surface area contributed by atoms with Crippen LogP contribution in [-0.4, -0.2) is 20.5 Å². The molecule has 0 atom stereocenters. The molecule has 17 heavy (non-hydrogen) atoms. The molecule has 0 aliphatic carbocycles. The van der Waals surface area contributed by atoms with Crippen LogP contribution in [0.25, 0.3) is 0 Å². The van der Waals surface area contributed by atoms with E-state index in [1.54, 1.807) is 12.5 Å². The van der Waals surface area contributed by atoms with Crippen LogP contribution >= 0.6 is 11.5 Å². The summed E-state index contributed by atoms with van der Waals surface area (Å²) in [6.07, 6.45) is 6.40. The van der Waals surface area contributed by atoms with E-state index in [4.69, 9.17) is 11.0 Å². The summed E-state index contributed by atoms with van der Waals surface area (Å²) in [5, 5.41) is 12.8. The smallest absolute Gasteiger partial charge is 0.157 e. The van der Waals surface area contributed by atoms with Crippen LogP contribution in [-0.2, 0) is 6.54 Å². The Bertz CT molecular complexity index is 509. The van der Waals surface area contributed by atoms with Crippen LogP contribution in [0.15, 0.2) is 18.7 Å². The number of aromatic nitrogens is 3. The summed E-state index contributed by atoms with van der Waals surface area (Å²) in [5.74, 6) is 0.301. The van der Waals surface area contributed by atoms with Crippen molar-refractivity contribution >= 4 is 22.4 Å². The van der Waals surface area contributed by atoms with Crippen molar-refractivity contribution < 1.29 is 0 Å². The van der Waals surface area contributed by atoms with Crippen molar-refractivity contribution in [2.45, 2.75) is 13.0 Å². The van der Waals surface area contributed by atoms with Crippen LogP contribution < -0.4 is 11.1 Å². The van der Waals surface area contributed by atoms with Crippen LogP contribution in [0.2, 0.25) is 0 Å². The highest BCUT2D eigenvalue weighted by Gasteiger charge is 2.09. The van der Waals surface area contributed by atoms with Gasteiger partial charge in [0.1, 0.15) is 16.6 Å². The van der Waals surface area contributed by atoms with E-state index in [1.165, 1.54) is 11.5 Å². The lowest BCUT2D eigenvalue weighted by Gasteiger charge is -2.04. The summed E-state index contributed by atoms with van der Waals surface area (Å²) >= 11 is 1.22. The first-order chi connectivity index (χ1) is 8.31.